The van der Waals surface area contributed by atoms with E-state index in [1.54, 1.807) is 18.2 Å². The smallest absolute Gasteiger partial charge is 0.322 e. The van der Waals surface area contributed by atoms with Crippen molar-refractivity contribution in [3.8, 4) is 0 Å². The van der Waals surface area contributed by atoms with E-state index in [1.165, 1.54) is 6.07 Å². The van der Waals surface area contributed by atoms with Crippen molar-refractivity contribution >= 4 is 29.5 Å². The maximum atomic E-state index is 11.3. The molecule has 0 aromatic heterocycles. The van der Waals surface area contributed by atoms with Crippen molar-refractivity contribution in [2.45, 2.75) is 6.42 Å². The average Bonchev–Trinajstić information content (AvgIpc) is 2.76. The summed E-state index contributed by atoms with van der Waals surface area (Å²) in [5.41, 5.74) is 0.263. The molecule has 8 nitrogen and oxygen atoms in total. The number of hydrogen-bond acceptors (Lipinski definition) is 4. The summed E-state index contributed by atoms with van der Waals surface area (Å²) in [7, 11) is 0. The molecule has 0 amide bonds. The molecule has 23 heavy (non-hydrogen) atoms. The Kier molecular flexibility index (Phi) is 4.17. The van der Waals surface area contributed by atoms with Crippen LogP contribution in [0.5, 0.6) is 0 Å². The van der Waals surface area contributed by atoms with E-state index in [0.717, 1.165) is 0 Å². The lowest BCUT2D eigenvalue weighted by molar-refractivity contribution is -0.154. The number of aliphatic carboxylic acids is 4. The summed E-state index contributed by atoms with van der Waals surface area (Å²) in [6.07, 6.45) is -0.119. The molecule has 1 aliphatic carbocycles. The second kappa shape index (κ2) is 5.91. The lowest BCUT2D eigenvalue weighted by Crippen LogP contribution is -2.30. The first-order valence-electron chi connectivity index (χ1n) is 6.48. The van der Waals surface area contributed by atoms with E-state index in [1.807, 2.05) is 0 Å². The van der Waals surface area contributed by atoms with E-state index < -0.39 is 35.7 Å². The van der Waals surface area contributed by atoms with Gasteiger partial charge in [0.1, 0.15) is 0 Å². The SMILES string of the molecule is O=C(O)C(C(=O)O)C1=C(C(C(=O)O)C(=O)O)c2ccccc2C1. The van der Waals surface area contributed by atoms with Crippen LogP contribution in [0.15, 0.2) is 29.8 Å². The fourth-order valence-corrected chi connectivity index (χ4v) is 2.77. The van der Waals surface area contributed by atoms with Crippen LogP contribution >= 0.6 is 0 Å². The Bertz CT molecular complexity index is 718. The van der Waals surface area contributed by atoms with Crippen molar-refractivity contribution in [2.24, 2.45) is 11.8 Å². The molecule has 1 aliphatic rings. The molecule has 1 aromatic rings. The molecule has 2 rings (SSSR count). The Labute approximate surface area is 129 Å². The third kappa shape index (κ3) is 2.78. The van der Waals surface area contributed by atoms with E-state index in [0.29, 0.717) is 5.56 Å². The molecule has 0 radical (unpaired) electrons. The molecule has 0 fully saturated rings. The molecule has 120 valence electrons. The molecule has 4 N–H and O–H groups in total. The summed E-state index contributed by atoms with van der Waals surface area (Å²) in [6, 6.07) is 6.19. The van der Waals surface area contributed by atoms with E-state index in [4.69, 9.17) is 10.2 Å². The van der Waals surface area contributed by atoms with Gasteiger partial charge in [0.15, 0.2) is 11.8 Å². The van der Waals surface area contributed by atoms with E-state index in [9.17, 15) is 29.4 Å². The van der Waals surface area contributed by atoms with Crippen LogP contribution in [0.25, 0.3) is 5.57 Å². The summed E-state index contributed by atoms with van der Waals surface area (Å²) in [6.45, 7) is 0. The van der Waals surface area contributed by atoms with Gasteiger partial charge in [-0.05, 0) is 28.7 Å². The van der Waals surface area contributed by atoms with Crippen molar-refractivity contribution in [1.82, 2.24) is 0 Å². The van der Waals surface area contributed by atoms with Crippen LogP contribution in [0, 0.1) is 11.8 Å². The molecule has 0 bridgehead atoms. The van der Waals surface area contributed by atoms with E-state index in [-0.39, 0.29) is 23.1 Å². The van der Waals surface area contributed by atoms with Gasteiger partial charge in [-0.2, -0.15) is 0 Å². The van der Waals surface area contributed by atoms with Gasteiger partial charge in [-0.1, -0.05) is 24.3 Å². The van der Waals surface area contributed by atoms with Crippen molar-refractivity contribution < 1.29 is 39.6 Å². The zero-order valence-corrected chi connectivity index (χ0v) is 11.6. The Morgan fingerprint density at radius 3 is 1.74 bits per heavy atom. The lowest BCUT2D eigenvalue weighted by Gasteiger charge is -2.16. The van der Waals surface area contributed by atoms with Crippen LogP contribution in [-0.4, -0.2) is 44.3 Å². The van der Waals surface area contributed by atoms with Crippen LogP contribution in [0.4, 0.5) is 0 Å². The number of carboxylic acids is 4. The Morgan fingerprint density at radius 2 is 1.26 bits per heavy atom. The second-order valence-corrected chi connectivity index (χ2v) is 4.99. The average molecular weight is 320 g/mol. The number of carbonyl (C=O) groups is 4. The monoisotopic (exact) mass is 320 g/mol. The predicted octanol–water partition coefficient (Wildman–Crippen LogP) is 0.567. The van der Waals surface area contributed by atoms with Gasteiger partial charge >= 0.3 is 23.9 Å². The van der Waals surface area contributed by atoms with Crippen molar-refractivity contribution in [2.75, 3.05) is 0 Å². The zero-order chi connectivity index (χ0) is 17.3. The molecule has 1 aromatic carbocycles. The normalized spacial score (nSPS) is 13.3. The summed E-state index contributed by atoms with van der Waals surface area (Å²) in [4.78, 5) is 45.2. The molecular formula is C15H12O8. The molecule has 0 aliphatic heterocycles. The molecule has 0 unspecified atom stereocenters. The van der Waals surface area contributed by atoms with Crippen LogP contribution in [0.3, 0.4) is 0 Å². The van der Waals surface area contributed by atoms with Crippen LogP contribution in [-0.2, 0) is 25.6 Å². The van der Waals surface area contributed by atoms with E-state index in [2.05, 4.69) is 0 Å². The minimum absolute atomic E-state index is 0.119. The first-order chi connectivity index (χ1) is 10.8. The highest BCUT2D eigenvalue weighted by atomic mass is 16.4. The van der Waals surface area contributed by atoms with Gasteiger partial charge in [-0.15, -0.1) is 0 Å². The molecule has 0 heterocycles. The largest absolute Gasteiger partial charge is 0.480 e. The molecule has 0 saturated carbocycles. The molecule has 8 heteroatoms. The van der Waals surface area contributed by atoms with Crippen LogP contribution in [0.1, 0.15) is 11.1 Å². The highest BCUT2D eigenvalue weighted by Crippen LogP contribution is 2.41. The summed E-state index contributed by atoms with van der Waals surface area (Å²) >= 11 is 0. The first kappa shape index (κ1) is 16.2. The van der Waals surface area contributed by atoms with Gasteiger partial charge in [-0.25, -0.2) is 0 Å². The number of fused-ring (bicyclic) bond motifs is 1. The van der Waals surface area contributed by atoms with Crippen LogP contribution in [0.2, 0.25) is 0 Å². The highest BCUT2D eigenvalue weighted by Gasteiger charge is 2.42. The summed E-state index contributed by atoms with van der Waals surface area (Å²) in [5, 5.41) is 36.7. The number of carboxylic acid groups (broad SMARTS) is 4. The maximum absolute atomic E-state index is 11.3. The quantitative estimate of drug-likeness (QED) is 0.556. The number of hydrogen-bond donors (Lipinski definition) is 4. The lowest BCUT2D eigenvalue weighted by atomic mass is 9.87. The standard InChI is InChI=1S/C15H12O8/c16-12(17)10(13(18)19)8-5-6-3-1-2-4-7(6)9(8)11(14(20)21)15(22)23/h1-4,10-11H,5H2,(H,16,17)(H,18,19)(H,20,21)(H,22,23). The summed E-state index contributed by atoms with van der Waals surface area (Å²) in [5.74, 6) is -10.7. The highest BCUT2D eigenvalue weighted by molar-refractivity contribution is 6.10. The Hall–Kier alpha value is -3.16. The third-order valence-corrected chi connectivity index (χ3v) is 3.66. The van der Waals surface area contributed by atoms with Gasteiger partial charge in [0.05, 0.1) is 0 Å². The topological polar surface area (TPSA) is 149 Å². The van der Waals surface area contributed by atoms with Gasteiger partial charge in [0, 0.05) is 0 Å². The molecule has 0 spiro atoms. The van der Waals surface area contributed by atoms with Gasteiger partial charge in [0.25, 0.3) is 0 Å². The Balaban J connectivity index is 2.74. The van der Waals surface area contributed by atoms with Gasteiger partial charge in [-0.3, -0.25) is 19.2 Å². The van der Waals surface area contributed by atoms with E-state index >= 15 is 0 Å². The fourth-order valence-electron chi connectivity index (χ4n) is 2.77. The summed E-state index contributed by atoms with van der Waals surface area (Å²) < 4.78 is 0. The van der Waals surface area contributed by atoms with Gasteiger partial charge in [0.2, 0.25) is 0 Å². The maximum Gasteiger partial charge on any atom is 0.322 e. The second-order valence-electron chi connectivity index (χ2n) is 4.99. The molecular weight excluding hydrogens is 308 g/mol. The van der Waals surface area contributed by atoms with Crippen molar-refractivity contribution in [1.29, 1.82) is 0 Å². The van der Waals surface area contributed by atoms with Crippen molar-refractivity contribution in [3.05, 3.63) is 41.0 Å². The fraction of sp³-hybridized carbons (Fsp3) is 0.200. The van der Waals surface area contributed by atoms with Crippen LogP contribution < -0.4 is 0 Å². The number of benzene rings is 1. The predicted molar refractivity (Wildman–Crippen MR) is 74.6 cm³/mol. The third-order valence-electron chi connectivity index (χ3n) is 3.66. The zero-order valence-electron chi connectivity index (χ0n) is 11.6. The number of rotatable bonds is 6. The molecule has 0 saturated heterocycles. The van der Waals surface area contributed by atoms with Gasteiger partial charge < -0.3 is 20.4 Å². The Morgan fingerprint density at radius 1 is 0.783 bits per heavy atom. The van der Waals surface area contributed by atoms with Crippen molar-refractivity contribution in [3.63, 3.8) is 0 Å². The first-order valence-corrected chi connectivity index (χ1v) is 6.48. The molecule has 0 atom stereocenters. The minimum atomic E-state index is -2.03. The minimum Gasteiger partial charge on any atom is -0.480 e.